The van der Waals surface area contributed by atoms with Crippen molar-refractivity contribution in [1.29, 1.82) is 0 Å². The van der Waals surface area contributed by atoms with Crippen molar-refractivity contribution >= 4 is 20.7 Å². The fourth-order valence-corrected chi connectivity index (χ4v) is 1.73. The van der Waals surface area contributed by atoms with Gasteiger partial charge in [-0.15, -0.1) is 0 Å². The van der Waals surface area contributed by atoms with E-state index in [4.69, 9.17) is 14.0 Å². The molecule has 0 aliphatic heterocycles. The van der Waals surface area contributed by atoms with Crippen LogP contribution in [0.2, 0.25) is 13.1 Å². The highest BCUT2D eigenvalue weighted by Crippen LogP contribution is 2.28. The Labute approximate surface area is 130 Å². The van der Waals surface area contributed by atoms with Crippen molar-refractivity contribution < 1.29 is 18.8 Å². The van der Waals surface area contributed by atoms with Crippen molar-refractivity contribution in [3.63, 3.8) is 0 Å². The van der Waals surface area contributed by atoms with Gasteiger partial charge in [0.1, 0.15) is 12.7 Å². The molecule has 0 N–H and O–H groups in total. The van der Waals surface area contributed by atoms with Crippen LogP contribution in [0.25, 0.3) is 0 Å². The summed E-state index contributed by atoms with van der Waals surface area (Å²) in [6.07, 6.45) is 1.61. The van der Waals surface area contributed by atoms with E-state index in [-0.39, 0.29) is 11.1 Å². The van der Waals surface area contributed by atoms with E-state index in [0.29, 0.717) is 5.57 Å². The second kappa shape index (κ2) is 7.63. The number of esters is 1. The average molecular weight is 314 g/mol. The van der Waals surface area contributed by atoms with Crippen molar-refractivity contribution in [3.05, 3.63) is 11.8 Å². The number of carbonyl (C=O) groups is 1. The van der Waals surface area contributed by atoms with Crippen LogP contribution in [0.3, 0.4) is 0 Å². The lowest BCUT2D eigenvalue weighted by atomic mass is 9.84. The van der Waals surface area contributed by atoms with E-state index in [0.717, 1.165) is 0 Å². The summed E-state index contributed by atoms with van der Waals surface area (Å²) < 4.78 is 11.0. The van der Waals surface area contributed by atoms with Gasteiger partial charge >= 0.3 is 5.97 Å². The summed E-state index contributed by atoms with van der Waals surface area (Å²) in [6, 6.07) is 0. The number of hydrogen-bond donors (Lipinski definition) is 0. The smallest absolute Gasteiger partial charge is 0.361 e. The molecule has 0 spiro atoms. The third-order valence-electron chi connectivity index (χ3n) is 2.25. The number of carbonyl (C=O) groups excluding carboxylic acids is 1. The Morgan fingerprint density at radius 3 is 1.95 bits per heavy atom. The molecule has 0 rings (SSSR count). The highest BCUT2D eigenvalue weighted by atomic mass is 28.3. The lowest BCUT2D eigenvalue weighted by molar-refractivity contribution is -0.146. The molecule has 5 nitrogen and oxygen atoms in total. The molecular formula is C15H28NO4Si. The Morgan fingerprint density at radius 1 is 1.10 bits per heavy atom. The van der Waals surface area contributed by atoms with Gasteiger partial charge in [0.2, 0.25) is 0 Å². The summed E-state index contributed by atoms with van der Waals surface area (Å²) >= 11 is 0. The zero-order valence-corrected chi connectivity index (χ0v) is 15.7. The minimum Gasteiger partial charge on any atom is -0.548 e. The van der Waals surface area contributed by atoms with Crippen LogP contribution in [0.15, 0.2) is 17.0 Å². The number of hydrogen-bond acceptors (Lipinski definition) is 5. The van der Waals surface area contributed by atoms with Gasteiger partial charge < -0.3 is 14.0 Å². The Bertz CT molecular complexity index is 414. The Kier molecular flexibility index (Phi) is 7.16. The molecule has 0 unspecified atom stereocenters. The zero-order chi connectivity index (χ0) is 16.8. The summed E-state index contributed by atoms with van der Waals surface area (Å²) in [5, 5.41) is 3.86. The van der Waals surface area contributed by atoms with Crippen molar-refractivity contribution in [2.24, 2.45) is 10.6 Å². The first-order valence-electron chi connectivity index (χ1n) is 6.91. The molecule has 0 aromatic heterocycles. The van der Waals surface area contributed by atoms with Gasteiger partial charge in [0, 0.05) is 5.57 Å². The quantitative estimate of drug-likeness (QED) is 0.256. The first-order valence-corrected chi connectivity index (χ1v) is 9.31. The van der Waals surface area contributed by atoms with Crippen LogP contribution >= 0.6 is 0 Å². The summed E-state index contributed by atoms with van der Waals surface area (Å²) in [5.41, 5.74) is -0.126. The van der Waals surface area contributed by atoms with E-state index in [1.165, 1.54) is 7.11 Å². The maximum Gasteiger partial charge on any atom is 0.361 e. The molecule has 0 aliphatic carbocycles. The number of rotatable bonds is 5. The fourth-order valence-electron chi connectivity index (χ4n) is 1.38. The van der Waals surface area contributed by atoms with Crippen molar-refractivity contribution in [3.8, 4) is 0 Å². The van der Waals surface area contributed by atoms with E-state index in [1.807, 2.05) is 54.6 Å². The predicted molar refractivity (Wildman–Crippen MR) is 86.4 cm³/mol. The molecule has 0 heterocycles. The van der Waals surface area contributed by atoms with E-state index in [1.54, 1.807) is 6.26 Å². The lowest BCUT2D eigenvalue weighted by Gasteiger charge is -2.26. The van der Waals surface area contributed by atoms with Crippen molar-refractivity contribution in [2.45, 2.75) is 60.2 Å². The molecule has 21 heavy (non-hydrogen) atoms. The van der Waals surface area contributed by atoms with Crippen LogP contribution in [-0.4, -0.2) is 33.4 Å². The zero-order valence-electron chi connectivity index (χ0n) is 14.7. The van der Waals surface area contributed by atoms with Crippen LogP contribution in [0.4, 0.5) is 0 Å². The second-order valence-corrected chi connectivity index (χ2v) is 8.98. The molecule has 0 atom stereocenters. The SMILES string of the molecule is CON=C(C(=O)OC(C)(C)C)C(=CO[Si](C)C)C(C)(C)C. The Balaban J connectivity index is 5.61. The van der Waals surface area contributed by atoms with E-state index in [9.17, 15) is 4.79 Å². The lowest BCUT2D eigenvalue weighted by Crippen LogP contribution is -2.33. The monoisotopic (exact) mass is 314 g/mol. The van der Waals surface area contributed by atoms with Gasteiger partial charge in [-0.2, -0.15) is 0 Å². The standard InChI is InChI=1S/C15H28NO4Si/c1-14(2,3)11(10-19-21(8)9)12(16-18-7)13(17)20-15(4,5)6/h10H,1-9H3. The average Bonchev–Trinajstić information content (AvgIpc) is 2.23. The molecule has 0 saturated heterocycles. The molecule has 121 valence electrons. The van der Waals surface area contributed by atoms with Gasteiger partial charge in [0.25, 0.3) is 9.04 Å². The number of nitrogens with zero attached hydrogens (tertiary/aromatic N) is 1. The molecule has 6 heteroatoms. The molecule has 0 aromatic carbocycles. The first-order chi connectivity index (χ1) is 9.38. The minimum absolute atomic E-state index is 0.142. The van der Waals surface area contributed by atoms with Crippen LogP contribution < -0.4 is 0 Å². The highest BCUT2D eigenvalue weighted by Gasteiger charge is 2.31. The van der Waals surface area contributed by atoms with Crippen LogP contribution in [0, 0.1) is 5.41 Å². The molecule has 1 radical (unpaired) electrons. The van der Waals surface area contributed by atoms with Gasteiger partial charge in [-0.1, -0.05) is 25.9 Å². The summed E-state index contributed by atoms with van der Waals surface area (Å²) in [4.78, 5) is 17.2. The van der Waals surface area contributed by atoms with E-state index >= 15 is 0 Å². The maximum atomic E-state index is 12.4. The van der Waals surface area contributed by atoms with E-state index < -0.39 is 20.6 Å². The topological polar surface area (TPSA) is 57.1 Å². The summed E-state index contributed by atoms with van der Waals surface area (Å²) in [6.45, 7) is 15.4. The third kappa shape index (κ3) is 7.89. The summed E-state index contributed by atoms with van der Waals surface area (Å²) in [7, 11) is 0.482. The largest absolute Gasteiger partial charge is 0.548 e. The van der Waals surface area contributed by atoms with Gasteiger partial charge in [0.05, 0.1) is 6.26 Å². The second-order valence-electron chi connectivity index (χ2n) is 6.93. The molecule has 0 bridgehead atoms. The minimum atomic E-state index is -0.921. The summed E-state index contributed by atoms with van der Waals surface area (Å²) in [5.74, 6) is -0.518. The van der Waals surface area contributed by atoms with Gasteiger partial charge in [0.15, 0.2) is 5.71 Å². The van der Waals surface area contributed by atoms with Crippen molar-refractivity contribution in [2.75, 3.05) is 7.11 Å². The Morgan fingerprint density at radius 2 is 1.62 bits per heavy atom. The van der Waals surface area contributed by atoms with Crippen LogP contribution in [0.1, 0.15) is 41.5 Å². The Hall–Kier alpha value is -1.30. The van der Waals surface area contributed by atoms with Gasteiger partial charge in [-0.05, 0) is 39.3 Å². The molecular weight excluding hydrogens is 286 g/mol. The molecule has 0 saturated carbocycles. The van der Waals surface area contributed by atoms with Gasteiger partial charge in [-0.3, -0.25) is 0 Å². The van der Waals surface area contributed by atoms with Crippen LogP contribution in [0.5, 0.6) is 0 Å². The molecule has 0 aliphatic rings. The van der Waals surface area contributed by atoms with Crippen LogP contribution in [-0.2, 0) is 18.8 Å². The number of oxime groups is 1. The van der Waals surface area contributed by atoms with Gasteiger partial charge in [-0.25, -0.2) is 4.79 Å². The molecule has 0 fully saturated rings. The first kappa shape index (κ1) is 19.7. The van der Waals surface area contributed by atoms with Crippen molar-refractivity contribution in [1.82, 2.24) is 0 Å². The maximum absolute atomic E-state index is 12.4. The third-order valence-corrected chi connectivity index (χ3v) is 2.84. The predicted octanol–water partition coefficient (Wildman–Crippen LogP) is 3.53. The highest BCUT2D eigenvalue weighted by molar-refractivity contribution is 6.49. The fraction of sp³-hybridized carbons (Fsp3) is 0.733. The number of ether oxygens (including phenoxy) is 1. The van der Waals surface area contributed by atoms with E-state index in [2.05, 4.69) is 5.16 Å². The molecule has 0 aromatic rings. The normalized spacial score (nSPS) is 14.2. The molecule has 0 amide bonds.